The van der Waals surface area contributed by atoms with Crippen molar-refractivity contribution in [1.29, 1.82) is 0 Å². The minimum absolute atomic E-state index is 0.126. The van der Waals surface area contributed by atoms with E-state index in [0.29, 0.717) is 0 Å². The second-order valence-electron chi connectivity index (χ2n) is 5.66. The highest BCUT2D eigenvalue weighted by molar-refractivity contribution is 7.87. The fourth-order valence-electron chi connectivity index (χ4n) is 2.18. The molecule has 0 unspecified atom stereocenters. The number of aryl methyl sites for hydroxylation is 1. The van der Waals surface area contributed by atoms with Crippen molar-refractivity contribution >= 4 is 22.0 Å². The molecule has 3 rings (SSSR count). The first-order chi connectivity index (χ1) is 12.5. The molecule has 0 saturated heterocycles. The molecule has 0 saturated carbocycles. The van der Waals surface area contributed by atoms with E-state index >= 15 is 0 Å². The third-order valence-electron chi connectivity index (χ3n) is 3.58. The number of anilines is 1. The molecule has 132 valence electrons. The van der Waals surface area contributed by atoms with E-state index in [1.165, 1.54) is 12.1 Å². The second-order valence-corrected chi connectivity index (χ2v) is 7.20. The van der Waals surface area contributed by atoms with Gasteiger partial charge in [0, 0.05) is 0 Å². The average Bonchev–Trinajstić information content (AvgIpc) is 2.64. The Kier molecular flexibility index (Phi) is 5.34. The molecule has 0 fully saturated rings. The minimum atomic E-state index is -3.84. The maximum Gasteiger partial charge on any atom is 0.339 e. The molecule has 0 radical (unpaired) electrons. The number of hydrazone groups is 1. The van der Waals surface area contributed by atoms with E-state index in [1.54, 1.807) is 42.6 Å². The highest BCUT2D eigenvalue weighted by Gasteiger charge is 2.16. The van der Waals surface area contributed by atoms with E-state index < -0.39 is 10.1 Å². The van der Waals surface area contributed by atoms with E-state index in [9.17, 15) is 8.42 Å². The van der Waals surface area contributed by atoms with Gasteiger partial charge >= 0.3 is 10.1 Å². The normalized spacial score (nSPS) is 11.4. The summed E-state index contributed by atoms with van der Waals surface area (Å²) in [5, 5.41) is 4.14. The van der Waals surface area contributed by atoms with Crippen LogP contribution in [-0.2, 0) is 10.1 Å². The molecule has 5 nitrogen and oxygen atoms in total. The van der Waals surface area contributed by atoms with Crippen molar-refractivity contribution in [2.45, 2.75) is 11.8 Å². The number of nitrogens with one attached hydrogen (secondary N) is 1. The van der Waals surface area contributed by atoms with Crippen molar-refractivity contribution in [3.05, 3.63) is 90.0 Å². The third-order valence-corrected chi connectivity index (χ3v) is 4.84. The van der Waals surface area contributed by atoms with Crippen molar-refractivity contribution in [1.82, 2.24) is 0 Å². The number of hydrogen-bond acceptors (Lipinski definition) is 5. The van der Waals surface area contributed by atoms with Gasteiger partial charge in [-0.2, -0.15) is 13.5 Å². The number of rotatable bonds is 6. The summed E-state index contributed by atoms with van der Waals surface area (Å²) in [6.07, 6.45) is 1.64. The van der Waals surface area contributed by atoms with Gasteiger partial charge in [-0.1, -0.05) is 35.9 Å². The molecule has 6 heteroatoms. The molecule has 0 aromatic heterocycles. The number of hydrogen-bond donors (Lipinski definition) is 1. The van der Waals surface area contributed by atoms with E-state index in [4.69, 9.17) is 4.18 Å². The number of nitrogens with zero attached hydrogens (tertiary/aromatic N) is 1. The molecule has 1 N–H and O–H groups in total. The van der Waals surface area contributed by atoms with Crippen LogP contribution in [0.15, 0.2) is 88.9 Å². The highest BCUT2D eigenvalue weighted by Crippen LogP contribution is 2.19. The molecule has 0 spiro atoms. The van der Waals surface area contributed by atoms with Gasteiger partial charge in [0.15, 0.2) is 0 Å². The standard InChI is InChI=1S/C20H18N2O3S/c1-16-7-13-20(14-8-16)26(23,24)25-19-11-9-17(10-12-19)15-21-22-18-5-3-2-4-6-18/h2-15,22H,1H3. The molecule has 3 aromatic rings. The van der Waals surface area contributed by atoms with Crippen molar-refractivity contribution < 1.29 is 12.6 Å². The smallest absolute Gasteiger partial charge is 0.339 e. The van der Waals surface area contributed by atoms with Crippen molar-refractivity contribution in [3.63, 3.8) is 0 Å². The zero-order chi connectivity index (χ0) is 18.4. The van der Waals surface area contributed by atoms with E-state index in [0.717, 1.165) is 16.8 Å². The van der Waals surface area contributed by atoms with Gasteiger partial charge in [-0.25, -0.2) is 0 Å². The van der Waals surface area contributed by atoms with Crippen LogP contribution in [0.3, 0.4) is 0 Å². The lowest BCUT2D eigenvalue weighted by Gasteiger charge is -2.07. The first-order valence-corrected chi connectivity index (χ1v) is 9.39. The number of para-hydroxylation sites is 1. The minimum Gasteiger partial charge on any atom is -0.379 e. The lowest BCUT2D eigenvalue weighted by molar-refractivity contribution is 0.486. The first-order valence-electron chi connectivity index (χ1n) is 7.98. The van der Waals surface area contributed by atoms with Gasteiger partial charge in [-0.15, -0.1) is 0 Å². The average molecular weight is 366 g/mol. The summed E-state index contributed by atoms with van der Waals surface area (Å²) in [6.45, 7) is 1.89. The summed E-state index contributed by atoms with van der Waals surface area (Å²) >= 11 is 0. The summed E-state index contributed by atoms with van der Waals surface area (Å²) in [6, 6.07) is 22.7. The lowest BCUT2D eigenvalue weighted by atomic mass is 10.2. The Morgan fingerprint density at radius 1 is 0.885 bits per heavy atom. The summed E-state index contributed by atoms with van der Waals surface area (Å²) in [5.41, 5.74) is 5.59. The van der Waals surface area contributed by atoms with Crippen LogP contribution in [-0.4, -0.2) is 14.6 Å². The van der Waals surface area contributed by atoms with Gasteiger partial charge in [0.05, 0.1) is 11.9 Å². The summed E-state index contributed by atoms with van der Waals surface area (Å²) in [5.74, 6) is 0.249. The second kappa shape index (κ2) is 7.84. The van der Waals surface area contributed by atoms with Gasteiger partial charge in [-0.05, 0) is 61.0 Å². The fraction of sp³-hybridized carbons (Fsp3) is 0.0500. The molecule has 26 heavy (non-hydrogen) atoms. The highest BCUT2D eigenvalue weighted by atomic mass is 32.2. The van der Waals surface area contributed by atoms with Gasteiger partial charge in [0.1, 0.15) is 10.6 Å². The van der Waals surface area contributed by atoms with Crippen LogP contribution >= 0.6 is 0 Å². The number of benzene rings is 3. The van der Waals surface area contributed by atoms with Crippen molar-refractivity contribution in [2.75, 3.05) is 5.43 Å². The third kappa shape index (κ3) is 4.70. The molecule has 0 aliphatic heterocycles. The van der Waals surface area contributed by atoms with Crippen LogP contribution in [0.25, 0.3) is 0 Å². The Balaban J connectivity index is 1.65. The largest absolute Gasteiger partial charge is 0.379 e. The molecular weight excluding hydrogens is 348 g/mol. The zero-order valence-electron chi connectivity index (χ0n) is 14.2. The molecule has 0 aliphatic carbocycles. The molecule has 3 aromatic carbocycles. The maximum atomic E-state index is 12.3. The van der Waals surface area contributed by atoms with Crippen LogP contribution in [0.5, 0.6) is 5.75 Å². The lowest BCUT2D eigenvalue weighted by Crippen LogP contribution is -2.09. The quantitative estimate of drug-likeness (QED) is 0.403. The predicted octanol–water partition coefficient (Wildman–Crippen LogP) is 4.21. The SMILES string of the molecule is Cc1ccc(S(=O)(=O)Oc2ccc(C=NNc3ccccc3)cc2)cc1. The zero-order valence-corrected chi connectivity index (χ0v) is 15.0. The van der Waals surface area contributed by atoms with Gasteiger partial charge < -0.3 is 4.18 Å². The first kappa shape index (κ1) is 17.7. The fourth-order valence-corrected chi connectivity index (χ4v) is 3.11. The van der Waals surface area contributed by atoms with Crippen molar-refractivity contribution in [3.8, 4) is 5.75 Å². The van der Waals surface area contributed by atoms with Gasteiger partial charge in [0.25, 0.3) is 0 Å². The summed E-state index contributed by atoms with van der Waals surface area (Å²) in [4.78, 5) is 0.126. The Bertz CT molecular complexity index is 981. The molecule has 0 aliphatic rings. The predicted molar refractivity (Wildman–Crippen MR) is 103 cm³/mol. The molecule has 0 bridgehead atoms. The van der Waals surface area contributed by atoms with E-state index in [1.807, 2.05) is 37.3 Å². The topological polar surface area (TPSA) is 67.8 Å². The van der Waals surface area contributed by atoms with Crippen molar-refractivity contribution in [2.24, 2.45) is 5.10 Å². The van der Waals surface area contributed by atoms with Crippen LogP contribution < -0.4 is 9.61 Å². The molecule has 0 atom stereocenters. The monoisotopic (exact) mass is 366 g/mol. The van der Waals surface area contributed by atoms with Crippen LogP contribution in [0.1, 0.15) is 11.1 Å². The molecule has 0 amide bonds. The van der Waals surface area contributed by atoms with E-state index in [-0.39, 0.29) is 10.6 Å². The van der Waals surface area contributed by atoms with E-state index in [2.05, 4.69) is 10.5 Å². The maximum absolute atomic E-state index is 12.3. The van der Waals surface area contributed by atoms with Crippen LogP contribution in [0.2, 0.25) is 0 Å². The Labute approximate surface area is 153 Å². The Morgan fingerprint density at radius 2 is 1.54 bits per heavy atom. The molecular formula is C20H18N2O3S. The van der Waals surface area contributed by atoms with Gasteiger partial charge in [-0.3, -0.25) is 5.43 Å². The molecule has 0 heterocycles. The summed E-state index contributed by atoms with van der Waals surface area (Å²) in [7, 11) is -3.84. The Morgan fingerprint density at radius 3 is 2.19 bits per heavy atom. The Hall–Kier alpha value is -3.12. The summed E-state index contributed by atoms with van der Waals surface area (Å²) < 4.78 is 29.7. The van der Waals surface area contributed by atoms with Crippen LogP contribution in [0.4, 0.5) is 5.69 Å². The van der Waals surface area contributed by atoms with Gasteiger partial charge in [0.2, 0.25) is 0 Å². The van der Waals surface area contributed by atoms with Crippen LogP contribution in [0, 0.1) is 6.92 Å².